The van der Waals surface area contributed by atoms with Crippen molar-refractivity contribution in [1.29, 1.82) is 0 Å². The average Bonchev–Trinajstić information content (AvgIpc) is 3.37. The van der Waals surface area contributed by atoms with E-state index in [9.17, 15) is 0 Å². The van der Waals surface area contributed by atoms with Crippen LogP contribution >= 0.6 is 0 Å². The molecule has 6 nitrogen and oxygen atoms in total. The fourth-order valence-electron chi connectivity index (χ4n) is 4.34. The lowest BCUT2D eigenvalue weighted by Crippen LogP contribution is -2.44. The third-order valence-corrected chi connectivity index (χ3v) is 5.68. The Kier molecular flexibility index (Phi) is 3.86. The number of para-hydroxylation sites is 1. The predicted octanol–water partition coefficient (Wildman–Crippen LogP) is 3.46. The average molecular weight is 362 g/mol. The molecular weight excluding hydrogens is 336 g/mol. The van der Waals surface area contributed by atoms with Crippen molar-refractivity contribution >= 4 is 17.3 Å². The first-order chi connectivity index (χ1) is 13.2. The number of likely N-dealkylation sites (tertiary alicyclic amines) is 1. The quantitative estimate of drug-likeness (QED) is 0.770. The molecule has 2 fully saturated rings. The lowest BCUT2D eigenvalue weighted by atomic mass is 10.1. The summed E-state index contributed by atoms with van der Waals surface area (Å²) in [6.45, 7) is 4.42. The molecule has 27 heavy (non-hydrogen) atoms. The molecular formula is C21H26N6. The zero-order valence-electron chi connectivity index (χ0n) is 15.7. The van der Waals surface area contributed by atoms with E-state index in [0.29, 0.717) is 18.0 Å². The fraction of sp³-hybridized carbons (Fsp3) is 0.333. The summed E-state index contributed by atoms with van der Waals surface area (Å²) in [6, 6.07) is 18.0. The second-order valence-corrected chi connectivity index (χ2v) is 7.67. The van der Waals surface area contributed by atoms with Crippen LogP contribution in [0.4, 0.5) is 17.3 Å². The molecule has 140 valence electrons. The number of rotatable bonds is 4. The molecule has 2 bridgehead atoms. The lowest BCUT2D eigenvalue weighted by Gasteiger charge is -2.34. The summed E-state index contributed by atoms with van der Waals surface area (Å²) in [4.78, 5) is 9.45. The van der Waals surface area contributed by atoms with Crippen LogP contribution in [0.5, 0.6) is 0 Å². The molecule has 3 heterocycles. The normalized spacial score (nSPS) is 21.8. The fourth-order valence-corrected chi connectivity index (χ4v) is 4.34. The van der Waals surface area contributed by atoms with Gasteiger partial charge < -0.3 is 10.2 Å². The maximum absolute atomic E-state index is 4.55. The van der Waals surface area contributed by atoms with E-state index in [4.69, 9.17) is 0 Å². The van der Waals surface area contributed by atoms with Crippen LogP contribution in [-0.2, 0) is 0 Å². The van der Waals surface area contributed by atoms with Crippen molar-refractivity contribution in [3.8, 4) is 5.69 Å². The summed E-state index contributed by atoms with van der Waals surface area (Å²) in [5.41, 5.74) is 4.57. The zero-order chi connectivity index (χ0) is 18.4. The van der Waals surface area contributed by atoms with E-state index in [1.807, 2.05) is 30.3 Å². The van der Waals surface area contributed by atoms with Gasteiger partial charge in [-0.3, -0.25) is 4.90 Å². The molecule has 2 aliphatic heterocycles. The molecule has 0 aliphatic carbocycles. The summed E-state index contributed by atoms with van der Waals surface area (Å²) < 4.78 is 1.79. The smallest absolute Gasteiger partial charge is 0.246 e. The summed E-state index contributed by atoms with van der Waals surface area (Å²) >= 11 is 0. The van der Waals surface area contributed by atoms with Gasteiger partial charge in [-0.15, -0.1) is 5.10 Å². The Bertz CT molecular complexity index is 955. The second-order valence-electron chi connectivity index (χ2n) is 7.67. The molecule has 2 aromatic carbocycles. The van der Waals surface area contributed by atoms with Crippen molar-refractivity contribution in [2.45, 2.75) is 25.4 Å². The molecule has 5 rings (SSSR count). The van der Waals surface area contributed by atoms with Crippen molar-refractivity contribution in [2.75, 3.05) is 30.4 Å². The SMILES string of the molecule is Cc1cc(Nc2ncn(-c3ccccc3)n2)cc(N2C[C@@H]3CC2CN3C)c1.[HH]. The number of nitrogens with zero attached hydrogens (tertiary/aromatic N) is 5. The van der Waals surface area contributed by atoms with Gasteiger partial charge in [-0.25, -0.2) is 4.68 Å². The second kappa shape index (κ2) is 6.39. The molecule has 6 heteroatoms. The van der Waals surface area contributed by atoms with Crippen LogP contribution in [0.1, 0.15) is 13.4 Å². The van der Waals surface area contributed by atoms with Gasteiger partial charge in [-0.2, -0.15) is 4.98 Å². The monoisotopic (exact) mass is 362 g/mol. The first-order valence-electron chi connectivity index (χ1n) is 9.48. The van der Waals surface area contributed by atoms with Crippen LogP contribution in [0.15, 0.2) is 54.9 Å². The van der Waals surface area contributed by atoms with Crippen molar-refractivity contribution in [3.05, 3.63) is 60.4 Å². The van der Waals surface area contributed by atoms with Crippen LogP contribution in [0.2, 0.25) is 0 Å². The highest BCUT2D eigenvalue weighted by molar-refractivity contribution is 5.65. The standard InChI is InChI=1S/C21H24N6.H2/c1-15-8-16(10-18(9-15)26-13-19-11-20(26)12-25(19)2)23-21-22-14-27(24-21)17-6-4-3-5-7-17;/h3-10,14,19-20H,11-13H2,1-2H3,(H,23,24);1H/t19-,20?;/m0./s1. The predicted molar refractivity (Wildman–Crippen MR) is 110 cm³/mol. The molecule has 0 saturated carbocycles. The summed E-state index contributed by atoms with van der Waals surface area (Å²) in [6.07, 6.45) is 3.01. The van der Waals surface area contributed by atoms with Crippen LogP contribution in [0.3, 0.4) is 0 Å². The lowest BCUT2D eigenvalue weighted by molar-refractivity contribution is 0.292. The van der Waals surface area contributed by atoms with E-state index in [0.717, 1.165) is 24.5 Å². The van der Waals surface area contributed by atoms with Crippen molar-refractivity contribution in [2.24, 2.45) is 0 Å². The zero-order valence-corrected chi connectivity index (χ0v) is 15.7. The van der Waals surface area contributed by atoms with Crippen LogP contribution in [0, 0.1) is 6.92 Å². The van der Waals surface area contributed by atoms with Gasteiger partial charge in [0.05, 0.1) is 5.69 Å². The van der Waals surface area contributed by atoms with Gasteiger partial charge in [0.25, 0.3) is 0 Å². The molecule has 0 radical (unpaired) electrons. The third kappa shape index (κ3) is 3.06. The molecule has 2 aliphatic rings. The summed E-state index contributed by atoms with van der Waals surface area (Å²) in [5, 5.41) is 7.93. The molecule has 0 amide bonds. The van der Waals surface area contributed by atoms with Crippen molar-refractivity contribution < 1.29 is 1.43 Å². The number of fused-ring (bicyclic) bond motifs is 2. The molecule has 2 saturated heterocycles. The Morgan fingerprint density at radius 1 is 1.04 bits per heavy atom. The maximum Gasteiger partial charge on any atom is 0.246 e. The van der Waals surface area contributed by atoms with Gasteiger partial charge in [0.2, 0.25) is 5.95 Å². The molecule has 1 aromatic heterocycles. The van der Waals surface area contributed by atoms with Crippen LogP contribution < -0.4 is 10.2 Å². The molecule has 1 unspecified atom stereocenters. The molecule has 1 N–H and O–H groups in total. The van der Waals surface area contributed by atoms with Gasteiger partial charge in [0.1, 0.15) is 6.33 Å². The van der Waals surface area contributed by atoms with E-state index >= 15 is 0 Å². The molecule has 2 atom stereocenters. The van der Waals surface area contributed by atoms with Gasteiger partial charge in [0.15, 0.2) is 0 Å². The number of likely N-dealkylation sites (N-methyl/N-ethyl adjacent to an activating group) is 1. The van der Waals surface area contributed by atoms with Gasteiger partial charge >= 0.3 is 0 Å². The Balaban J connectivity index is 0.00000192. The van der Waals surface area contributed by atoms with Crippen LogP contribution in [-0.4, -0.2) is 51.9 Å². The van der Waals surface area contributed by atoms with E-state index in [2.05, 4.69) is 57.4 Å². The van der Waals surface area contributed by atoms with E-state index in [1.54, 1.807) is 11.0 Å². The minimum Gasteiger partial charge on any atom is -0.366 e. The Hall–Kier alpha value is -2.86. The first-order valence-corrected chi connectivity index (χ1v) is 9.48. The number of piperazine rings is 1. The number of nitrogens with one attached hydrogen (secondary N) is 1. The first kappa shape index (κ1) is 16.3. The maximum atomic E-state index is 4.55. The van der Waals surface area contributed by atoms with Crippen LogP contribution in [0.25, 0.3) is 5.69 Å². The highest BCUT2D eigenvalue weighted by atomic mass is 15.4. The number of aromatic nitrogens is 3. The molecule has 3 aromatic rings. The Morgan fingerprint density at radius 2 is 1.89 bits per heavy atom. The van der Waals surface area contributed by atoms with Gasteiger partial charge in [-0.1, -0.05) is 18.2 Å². The van der Waals surface area contributed by atoms with Gasteiger partial charge in [0, 0.05) is 38.0 Å². The minimum atomic E-state index is 0. The summed E-state index contributed by atoms with van der Waals surface area (Å²) in [5.74, 6) is 0.609. The number of benzene rings is 2. The minimum absolute atomic E-state index is 0. The van der Waals surface area contributed by atoms with E-state index in [1.165, 1.54) is 17.7 Å². The Labute approximate surface area is 160 Å². The summed E-state index contributed by atoms with van der Waals surface area (Å²) in [7, 11) is 2.24. The van der Waals surface area contributed by atoms with E-state index < -0.39 is 0 Å². The molecule has 0 spiro atoms. The Morgan fingerprint density at radius 3 is 2.63 bits per heavy atom. The van der Waals surface area contributed by atoms with Crippen molar-refractivity contribution in [3.63, 3.8) is 0 Å². The van der Waals surface area contributed by atoms with Crippen molar-refractivity contribution in [1.82, 2.24) is 19.7 Å². The topological polar surface area (TPSA) is 49.2 Å². The number of hydrogen-bond donors (Lipinski definition) is 1. The largest absolute Gasteiger partial charge is 0.366 e. The number of hydrogen-bond acceptors (Lipinski definition) is 5. The highest BCUT2D eigenvalue weighted by Gasteiger charge is 2.41. The van der Waals surface area contributed by atoms with E-state index in [-0.39, 0.29) is 1.43 Å². The van der Waals surface area contributed by atoms with Gasteiger partial charge in [-0.05, 0) is 56.3 Å². The highest BCUT2D eigenvalue weighted by Crippen LogP contribution is 2.35. The third-order valence-electron chi connectivity index (χ3n) is 5.68. The number of aryl methyl sites for hydroxylation is 1. The number of anilines is 3.